The lowest BCUT2D eigenvalue weighted by atomic mass is 9.74. The van der Waals surface area contributed by atoms with Crippen molar-refractivity contribution in [3.05, 3.63) is 0 Å². The van der Waals surface area contributed by atoms with Crippen LogP contribution in [0.4, 0.5) is 4.79 Å². The molecule has 1 fully saturated rings. The highest BCUT2D eigenvalue weighted by atomic mass is 16.5. The SMILES string of the molecule is CCCCCC(CC)(CC)CCCCOCCCCC(CC)(CC)CCCCN1C(=O)CN(CC)C1=O. The number of ether oxygens (including phenoxy) is 1. The summed E-state index contributed by atoms with van der Waals surface area (Å²) in [6.45, 7) is 16.9. The number of unbranched alkanes of at least 4 members (excludes halogenated alkanes) is 5. The number of carbonyl (C=O) groups is 2. The predicted molar refractivity (Wildman–Crippen MR) is 157 cm³/mol. The molecule has 0 aliphatic carbocycles. The molecule has 0 unspecified atom stereocenters. The van der Waals surface area contributed by atoms with Crippen LogP contribution < -0.4 is 0 Å². The first-order valence-electron chi connectivity index (χ1n) is 16.0. The van der Waals surface area contributed by atoms with Crippen molar-refractivity contribution in [2.75, 3.05) is 32.8 Å². The van der Waals surface area contributed by atoms with Crippen molar-refractivity contribution in [3.8, 4) is 0 Å². The second kappa shape index (κ2) is 19.0. The molecule has 0 spiro atoms. The van der Waals surface area contributed by atoms with Crippen LogP contribution in [0.15, 0.2) is 0 Å². The maximum Gasteiger partial charge on any atom is 0.327 e. The molecule has 0 aromatic rings. The number of nitrogens with zero attached hydrogens (tertiary/aromatic N) is 2. The van der Waals surface area contributed by atoms with Gasteiger partial charge in [-0.05, 0) is 62.7 Å². The Morgan fingerprint density at radius 2 is 1.11 bits per heavy atom. The zero-order valence-corrected chi connectivity index (χ0v) is 25.7. The van der Waals surface area contributed by atoms with Gasteiger partial charge in [-0.15, -0.1) is 0 Å². The van der Waals surface area contributed by atoms with E-state index in [-0.39, 0.29) is 18.5 Å². The summed E-state index contributed by atoms with van der Waals surface area (Å²) in [5.41, 5.74) is 0.949. The normalized spacial score (nSPS) is 14.9. The standard InChI is InChI=1S/C32H62N2O3/c1-7-13-14-21-31(8-2,9-3)23-16-19-26-37-27-20-17-24-32(10-4,11-5)22-15-18-25-34-29(35)28-33(12-6)30(34)36/h7-28H2,1-6H3. The molecule has 1 aliphatic heterocycles. The molecule has 1 aliphatic rings. The Kier molecular flexibility index (Phi) is 17.5. The highest BCUT2D eigenvalue weighted by Gasteiger charge is 2.34. The zero-order valence-electron chi connectivity index (χ0n) is 25.7. The number of likely N-dealkylation sites (N-methyl/N-ethyl adjacent to an activating group) is 1. The quantitative estimate of drug-likeness (QED) is 0.0938. The molecule has 0 atom stereocenters. The molecular weight excluding hydrogens is 460 g/mol. The fourth-order valence-corrected chi connectivity index (χ4v) is 6.26. The molecule has 1 rings (SSSR count). The van der Waals surface area contributed by atoms with Crippen LogP contribution in [-0.2, 0) is 9.53 Å². The average Bonchev–Trinajstić information content (AvgIpc) is 3.20. The number of amides is 3. The predicted octanol–water partition coefficient (Wildman–Crippen LogP) is 8.99. The topological polar surface area (TPSA) is 49.9 Å². The van der Waals surface area contributed by atoms with Crippen LogP contribution >= 0.6 is 0 Å². The minimum absolute atomic E-state index is 0.0360. The van der Waals surface area contributed by atoms with Gasteiger partial charge in [0.05, 0.1) is 0 Å². The minimum Gasteiger partial charge on any atom is -0.381 e. The van der Waals surface area contributed by atoms with Gasteiger partial charge in [0.25, 0.3) is 0 Å². The van der Waals surface area contributed by atoms with Gasteiger partial charge >= 0.3 is 6.03 Å². The fraction of sp³-hybridized carbons (Fsp3) is 0.938. The van der Waals surface area contributed by atoms with Gasteiger partial charge in [-0.1, -0.05) is 98.8 Å². The molecular formula is C32H62N2O3. The van der Waals surface area contributed by atoms with Gasteiger partial charge in [-0.3, -0.25) is 9.69 Å². The van der Waals surface area contributed by atoms with Crippen molar-refractivity contribution in [1.29, 1.82) is 0 Å². The molecule has 0 bridgehead atoms. The van der Waals surface area contributed by atoms with Gasteiger partial charge in [0, 0.05) is 26.3 Å². The number of hydrogen-bond acceptors (Lipinski definition) is 3. The first-order valence-corrected chi connectivity index (χ1v) is 16.0. The molecule has 0 saturated carbocycles. The summed E-state index contributed by atoms with van der Waals surface area (Å²) in [7, 11) is 0. The van der Waals surface area contributed by atoms with Crippen LogP contribution in [-0.4, -0.2) is 54.6 Å². The third-order valence-electron chi connectivity index (χ3n) is 9.65. The van der Waals surface area contributed by atoms with Crippen molar-refractivity contribution in [1.82, 2.24) is 9.80 Å². The van der Waals surface area contributed by atoms with Gasteiger partial charge in [0.15, 0.2) is 0 Å². The zero-order chi connectivity index (χ0) is 27.6. The molecule has 218 valence electrons. The van der Waals surface area contributed by atoms with Crippen LogP contribution in [0.25, 0.3) is 0 Å². The van der Waals surface area contributed by atoms with Crippen LogP contribution in [0.5, 0.6) is 0 Å². The van der Waals surface area contributed by atoms with E-state index >= 15 is 0 Å². The number of hydrogen-bond donors (Lipinski definition) is 0. The Bertz CT molecular complexity index is 613. The van der Waals surface area contributed by atoms with Gasteiger partial charge in [0.1, 0.15) is 6.54 Å². The van der Waals surface area contributed by atoms with E-state index in [1.165, 1.54) is 94.8 Å². The summed E-state index contributed by atoms with van der Waals surface area (Å²) < 4.78 is 6.02. The lowest BCUT2D eigenvalue weighted by molar-refractivity contribution is -0.125. The molecule has 0 N–H and O–H groups in total. The maximum absolute atomic E-state index is 12.3. The Balaban J connectivity index is 2.21. The van der Waals surface area contributed by atoms with Crippen molar-refractivity contribution in [3.63, 3.8) is 0 Å². The fourth-order valence-electron chi connectivity index (χ4n) is 6.26. The van der Waals surface area contributed by atoms with Crippen LogP contribution in [0.2, 0.25) is 0 Å². The smallest absolute Gasteiger partial charge is 0.327 e. The third-order valence-corrected chi connectivity index (χ3v) is 9.65. The maximum atomic E-state index is 12.3. The number of carbonyl (C=O) groups excluding carboxylic acids is 2. The second-order valence-electron chi connectivity index (χ2n) is 11.7. The van der Waals surface area contributed by atoms with E-state index in [9.17, 15) is 9.59 Å². The lowest BCUT2D eigenvalue weighted by Gasteiger charge is -2.32. The van der Waals surface area contributed by atoms with E-state index in [2.05, 4.69) is 34.6 Å². The van der Waals surface area contributed by atoms with Gasteiger partial charge < -0.3 is 9.64 Å². The monoisotopic (exact) mass is 522 g/mol. The molecule has 5 heteroatoms. The Morgan fingerprint density at radius 3 is 1.51 bits per heavy atom. The summed E-state index contributed by atoms with van der Waals surface area (Å²) in [5, 5.41) is 0. The van der Waals surface area contributed by atoms with Gasteiger partial charge in [0.2, 0.25) is 5.91 Å². The van der Waals surface area contributed by atoms with E-state index < -0.39 is 0 Å². The van der Waals surface area contributed by atoms with E-state index in [4.69, 9.17) is 4.74 Å². The van der Waals surface area contributed by atoms with Crippen molar-refractivity contribution in [2.45, 2.75) is 151 Å². The second-order valence-corrected chi connectivity index (χ2v) is 11.7. The molecule has 1 saturated heterocycles. The number of rotatable bonds is 24. The van der Waals surface area contributed by atoms with Gasteiger partial charge in [-0.2, -0.15) is 0 Å². The summed E-state index contributed by atoms with van der Waals surface area (Å²) in [4.78, 5) is 27.5. The molecule has 0 aromatic carbocycles. The molecule has 5 nitrogen and oxygen atoms in total. The molecule has 3 amide bonds. The van der Waals surface area contributed by atoms with Crippen molar-refractivity contribution >= 4 is 11.9 Å². The van der Waals surface area contributed by atoms with Crippen LogP contribution in [0.1, 0.15) is 151 Å². The largest absolute Gasteiger partial charge is 0.381 e. The summed E-state index contributed by atoms with van der Waals surface area (Å²) in [5.74, 6) is -0.0360. The van der Waals surface area contributed by atoms with Crippen molar-refractivity contribution < 1.29 is 14.3 Å². The first-order chi connectivity index (χ1) is 17.9. The molecule has 0 aromatic heterocycles. The van der Waals surface area contributed by atoms with E-state index in [1.54, 1.807) is 4.90 Å². The van der Waals surface area contributed by atoms with E-state index in [0.717, 1.165) is 32.5 Å². The highest BCUT2D eigenvalue weighted by molar-refractivity contribution is 6.01. The summed E-state index contributed by atoms with van der Waals surface area (Å²) in [6.07, 6.45) is 21.2. The Morgan fingerprint density at radius 1 is 0.649 bits per heavy atom. The Hall–Kier alpha value is -1.10. The Labute approximate surface area is 230 Å². The van der Waals surface area contributed by atoms with Crippen LogP contribution in [0.3, 0.4) is 0 Å². The average molecular weight is 523 g/mol. The van der Waals surface area contributed by atoms with Gasteiger partial charge in [-0.25, -0.2) is 4.79 Å². The third kappa shape index (κ3) is 11.7. The molecule has 1 heterocycles. The molecule has 37 heavy (non-hydrogen) atoms. The lowest BCUT2D eigenvalue weighted by Crippen LogP contribution is -2.33. The van der Waals surface area contributed by atoms with Crippen LogP contribution in [0, 0.1) is 10.8 Å². The minimum atomic E-state index is -0.105. The first kappa shape index (κ1) is 33.9. The van der Waals surface area contributed by atoms with E-state index in [0.29, 0.717) is 23.9 Å². The highest BCUT2D eigenvalue weighted by Crippen LogP contribution is 2.39. The van der Waals surface area contributed by atoms with Crippen molar-refractivity contribution in [2.24, 2.45) is 10.8 Å². The summed E-state index contributed by atoms with van der Waals surface area (Å²) in [6, 6.07) is -0.105. The number of imide groups is 1. The number of urea groups is 1. The summed E-state index contributed by atoms with van der Waals surface area (Å²) >= 11 is 0. The van der Waals surface area contributed by atoms with E-state index in [1.807, 2.05) is 6.92 Å². The molecule has 0 radical (unpaired) electrons.